The lowest BCUT2D eigenvalue weighted by atomic mass is 9.88. The van der Waals surface area contributed by atoms with Gasteiger partial charge in [-0.15, -0.1) is 0 Å². The minimum absolute atomic E-state index is 0.0464. The molecular weight excluding hydrogens is 337 g/mol. The summed E-state index contributed by atoms with van der Waals surface area (Å²) in [6.45, 7) is 4.10. The fourth-order valence-corrected chi connectivity index (χ4v) is 3.30. The van der Waals surface area contributed by atoms with E-state index in [1.807, 2.05) is 0 Å². The number of carbonyl (C=O) groups excluding carboxylic acids is 1. The molecule has 0 bridgehead atoms. The van der Waals surface area contributed by atoms with E-state index in [4.69, 9.17) is 9.47 Å². The maximum absolute atomic E-state index is 13.1. The molecule has 0 aromatic heterocycles. The van der Waals surface area contributed by atoms with Crippen molar-refractivity contribution in [3.63, 3.8) is 0 Å². The summed E-state index contributed by atoms with van der Waals surface area (Å²) < 4.78 is 50.0. The number of alkyl halides is 3. The van der Waals surface area contributed by atoms with Crippen LogP contribution in [-0.4, -0.2) is 48.5 Å². The van der Waals surface area contributed by atoms with Gasteiger partial charge in [-0.1, -0.05) is 0 Å². The monoisotopic (exact) mass is 358 g/mol. The van der Waals surface area contributed by atoms with Gasteiger partial charge in [0.15, 0.2) is 0 Å². The lowest BCUT2D eigenvalue weighted by Crippen LogP contribution is -2.51. The van der Waals surface area contributed by atoms with Gasteiger partial charge in [-0.05, 0) is 44.5 Å². The van der Waals surface area contributed by atoms with Crippen molar-refractivity contribution in [2.24, 2.45) is 5.92 Å². The molecule has 2 amide bonds. The molecule has 138 valence electrons. The molecule has 1 aromatic carbocycles. The number of carbonyl (C=O) groups is 1. The zero-order chi connectivity index (χ0) is 18.2. The predicted molar refractivity (Wildman–Crippen MR) is 85.6 cm³/mol. The van der Waals surface area contributed by atoms with E-state index >= 15 is 0 Å². The summed E-state index contributed by atoms with van der Waals surface area (Å²) in [6.07, 6.45) is -4.35. The Balaban J connectivity index is 1.62. The van der Waals surface area contributed by atoms with Gasteiger partial charge in [0, 0.05) is 12.2 Å². The minimum atomic E-state index is -4.32. The van der Waals surface area contributed by atoms with Gasteiger partial charge in [0.1, 0.15) is 11.9 Å². The number of rotatable bonds is 3. The number of anilines is 1. The lowest BCUT2D eigenvalue weighted by molar-refractivity contribution is -0.189. The number of benzene rings is 1. The molecule has 1 N–H and O–H groups in total. The third kappa shape index (κ3) is 3.68. The van der Waals surface area contributed by atoms with Crippen LogP contribution in [0.15, 0.2) is 24.3 Å². The van der Waals surface area contributed by atoms with E-state index in [0.29, 0.717) is 24.7 Å². The number of amides is 2. The Hall–Kier alpha value is -1.96. The Labute approximate surface area is 144 Å². The van der Waals surface area contributed by atoms with E-state index in [-0.39, 0.29) is 19.1 Å². The number of urea groups is 1. The van der Waals surface area contributed by atoms with Gasteiger partial charge in [0.05, 0.1) is 24.7 Å². The van der Waals surface area contributed by atoms with Gasteiger partial charge >= 0.3 is 12.2 Å². The first-order valence-electron chi connectivity index (χ1n) is 8.18. The highest BCUT2D eigenvalue weighted by molar-refractivity contribution is 5.90. The van der Waals surface area contributed by atoms with Crippen LogP contribution in [0.1, 0.15) is 20.3 Å². The Kier molecular flexibility index (Phi) is 4.57. The Morgan fingerprint density at radius 2 is 1.92 bits per heavy atom. The molecule has 3 rings (SSSR count). The molecule has 0 aliphatic carbocycles. The van der Waals surface area contributed by atoms with Crippen LogP contribution in [0.2, 0.25) is 0 Å². The van der Waals surface area contributed by atoms with Crippen molar-refractivity contribution < 1.29 is 27.4 Å². The normalized spacial score (nSPS) is 23.2. The summed E-state index contributed by atoms with van der Waals surface area (Å²) in [5.74, 6) is -0.865. The summed E-state index contributed by atoms with van der Waals surface area (Å²) in [7, 11) is 0. The first-order valence-corrected chi connectivity index (χ1v) is 8.18. The number of nitrogens with one attached hydrogen (secondary N) is 1. The molecule has 1 atom stereocenters. The summed E-state index contributed by atoms with van der Waals surface area (Å²) in [4.78, 5) is 13.7. The van der Waals surface area contributed by atoms with Crippen LogP contribution in [0.4, 0.5) is 23.7 Å². The van der Waals surface area contributed by atoms with Crippen LogP contribution in [0.25, 0.3) is 0 Å². The number of halogens is 3. The van der Waals surface area contributed by atoms with E-state index in [9.17, 15) is 18.0 Å². The van der Waals surface area contributed by atoms with Crippen LogP contribution in [0.5, 0.6) is 5.75 Å². The van der Waals surface area contributed by atoms with E-state index in [2.05, 4.69) is 5.32 Å². The Morgan fingerprint density at radius 1 is 1.28 bits per heavy atom. The average molecular weight is 358 g/mol. The van der Waals surface area contributed by atoms with Gasteiger partial charge in [-0.25, -0.2) is 4.79 Å². The predicted octanol–water partition coefficient (Wildman–Crippen LogP) is 3.66. The summed E-state index contributed by atoms with van der Waals surface area (Å²) in [6, 6.07) is 6.22. The second-order valence-electron chi connectivity index (χ2n) is 6.92. The molecule has 2 aliphatic heterocycles. The lowest BCUT2D eigenvalue weighted by Gasteiger charge is -2.36. The molecule has 2 fully saturated rings. The number of hydrogen-bond donors (Lipinski definition) is 1. The van der Waals surface area contributed by atoms with E-state index in [0.717, 1.165) is 0 Å². The maximum atomic E-state index is 13.1. The van der Waals surface area contributed by atoms with Crippen molar-refractivity contribution in [1.29, 1.82) is 0 Å². The van der Waals surface area contributed by atoms with Crippen LogP contribution in [-0.2, 0) is 4.74 Å². The molecule has 0 saturated carbocycles. The minimum Gasteiger partial charge on any atom is -0.486 e. The fraction of sp³-hybridized carbons (Fsp3) is 0.588. The molecule has 25 heavy (non-hydrogen) atoms. The Morgan fingerprint density at radius 3 is 2.40 bits per heavy atom. The number of nitrogens with zero attached hydrogens (tertiary/aromatic N) is 1. The highest BCUT2D eigenvalue weighted by atomic mass is 19.4. The van der Waals surface area contributed by atoms with Crippen LogP contribution in [0, 0.1) is 5.92 Å². The van der Waals surface area contributed by atoms with Crippen molar-refractivity contribution >= 4 is 11.7 Å². The summed E-state index contributed by atoms with van der Waals surface area (Å²) in [5.41, 5.74) is -0.774. The van der Waals surface area contributed by atoms with Gasteiger partial charge in [-0.3, -0.25) is 0 Å². The molecule has 1 aromatic rings. The van der Waals surface area contributed by atoms with Crippen LogP contribution < -0.4 is 10.1 Å². The first kappa shape index (κ1) is 17.8. The third-order valence-corrected chi connectivity index (χ3v) is 4.85. The molecule has 0 spiro atoms. The average Bonchev–Trinajstić information content (AvgIpc) is 2.79. The van der Waals surface area contributed by atoms with Crippen LogP contribution in [0.3, 0.4) is 0 Å². The van der Waals surface area contributed by atoms with Gasteiger partial charge in [0.25, 0.3) is 0 Å². The summed E-state index contributed by atoms with van der Waals surface area (Å²) >= 11 is 0. The fourth-order valence-electron chi connectivity index (χ4n) is 3.30. The van der Waals surface area contributed by atoms with Crippen molar-refractivity contribution in [2.45, 2.75) is 38.1 Å². The van der Waals surface area contributed by atoms with Gasteiger partial charge in [0.2, 0.25) is 0 Å². The molecular formula is C17H21F3N2O3. The molecule has 5 nitrogen and oxygen atoms in total. The SMILES string of the molecule is CC1(C)[C@H](C(F)(F)F)CCN1C(=O)Nc1ccc(OC2COC2)cc1. The zero-order valence-corrected chi connectivity index (χ0v) is 14.1. The number of likely N-dealkylation sites (tertiary alicyclic amines) is 1. The highest BCUT2D eigenvalue weighted by Gasteiger charge is 2.56. The van der Waals surface area contributed by atoms with E-state index < -0.39 is 23.7 Å². The van der Waals surface area contributed by atoms with Gasteiger partial charge < -0.3 is 19.7 Å². The summed E-state index contributed by atoms with van der Waals surface area (Å²) in [5, 5.41) is 2.66. The molecule has 0 radical (unpaired) electrons. The molecule has 2 heterocycles. The molecule has 2 saturated heterocycles. The van der Waals surface area contributed by atoms with Crippen molar-refractivity contribution in [2.75, 3.05) is 25.1 Å². The molecule has 8 heteroatoms. The van der Waals surface area contributed by atoms with Gasteiger partial charge in [-0.2, -0.15) is 13.2 Å². The quantitative estimate of drug-likeness (QED) is 0.897. The van der Waals surface area contributed by atoms with Crippen LogP contribution >= 0.6 is 0 Å². The topological polar surface area (TPSA) is 50.8 Å². The second-order valence-corrected chi connectivity index (χ2v) is 6.92. The smallest absolute Gasteiger partial charge is 0.394 e. The van der Waals surface area contributed by atoms with Crippen molar-refractivity contribution in [3.8, 4) is 5.75 Å². The van der Waals surface area contributed by atoms with Crippen molar-refractivity contribution in [1.82, 2.24) is 4.90 Å². The largest absolute Gasteiger partial charge is 0.486 e. The Bertz CT molecular complexity index is 627. The molecule has 2 aliphatic rings. The number of ether oxygens (including phenoxy) is 2. The van der Waals surface area contributed by atoms with Crippen molar-refractivity contribution in [3.05, 3.63) is 24.3 Å². The third-order valence-electron chi connectivity index (χ3n) is 4.85. The second kappa shape index (κ2) is 6.40. The standard InChI is InChI=1S/C17H21F3N2O3/c1-16(2)14(17(18,19)20)7-8-22(16)15(23)21-11-3-5-12(6-4-11)25-13-9-24-10-13/h3-6,13-14H,7-10H2,1-2H3,(H,21,23)/t14-/m1/s1. The van der Waals surface area contributed by atoms with E-state index in [1.54, 1.807) is 24.3 Å². The zero-order valence-electron chi connectivity index (χ0n) is 14.1. The van der Waals surface area contributed by atoms with E-state index in [1.165, 1.54) is 18.7 Å². The highest BCUT2D eigenvalue weighted by Crippen LogP contribution is 2.44. The first-order chi connectivity index (χ1) is 11.7. The molecule has 0 unspecified atom stereocenters. The maximum Gasteiger partial charge on any atom is 0.394 e. The number of hydrogen-bond acceptors (Lipinski definition) is 3.